The SMILES string of the molecule is Cc1c(C2CC2(C)C)nc(N)c(C#N)c1-c1ccc(OCCO)cc1. The fraction of sp³-hybridized carbons (Fsp3) is 0.400. The van der Waals surface area contributed by atoms with Gasteiger partial charge in [-0.15, -0.1) is 0 Å². The average Bonchev–Trinajstić information content (AvgIpc) is 3.23. The molecule has 0 radical (unpaired) electrons. The van der Waals surface area contributed by atoms with Crippen LogP contribution in [0.4, 0.5) is 5.82 Å². The molecule has 0 aliphatic heterocycles. The van der Waals surface area contributed by atoms with E-state index in [1.807, 2.05) is 31.2 Å². The van der Waals surface area contributed by atoms with Gasteiger partial charge in [0.25, 0.3) is 0 Å². The van der Waals surface area contributed by atoms with Crippen LogP contribution in [0.5, 0.6) is 5.75 Å². The zero-order valence-corrected chi connectivity index (χ0v) is 14.8. The monoisotopic (exact) mass is 337 g/mol. The lowest BCUT2D eigenvalue weighted by Crippen LogP contribution is -2.06. The summed E-state index contributed by atoms with van der Waals surface area (Å²) in [5, 5.41) is 18.4. The Hall–Kier alpha value is -2.58. The van der Waals surface area contributed by atoms with E-state index in [1.54, 1.807) is 0 Å². The van der Waals surface area contributed by atoms with Gasteiger partial charge in [-0.05, 0) is 42.0 Å². The number of aliphatic hydroxyl groups is 1. The summed E-state index contributed by atoms with van der Waals surface area (Å²) in [6, 6.07) is 9.71. The molecule has 25 heavy (non-hydrogen) atoms. The number of nitrogens with zero attached hydrogens (tertiary/aromatic N) is 2. The van der Waals surface area contributed by atoms with Crippen LogP contribution in [0.25, 0.3) is 11.1 Å². The lowest BCUT2D eigenvalue weighted by Gasteiger charge is -2.16. The van der Waals surface area contributed by atoms with Crippen LogP contribution in [0.2, 0.25) is 0 Å². The Labute approximate surface area is 148 Å². The molecule has 2 aromatic rings. The van der Waals surface area contributed by atoms with Crippen molar-refractivity contribution in [1.82, 2.24) is 4.98 Å². The maximum atomic E-state index is 9.58. The molecule has 1 atom stereocenters. The van der Waals surface area contributed by atoms with Gasteiger partial charge in [0.15, 0.2) is 0 Å². The van der Waals surface area contributed by atoms with Crippen LogP contribution in [0.3, 0.4) is 0 Å². The van der Waals surface area contributed by atoms with Gasteiger partial charge in [-0.1, -0.05) is 26.0 Å². The van der Waals surface area contributed by atoms with E-state index in [1.165, 1.54) is 0 Å². The molecule has 1 unspecified atom stereocenters. The van der Waals surface area contributed by atoms with E-state index < -0.39 is 0 Å². The van der Waals surface area contributed by atoms with Gasteiger partial charge in [0.1, 0.15) is 29.8 Å². The van der Waals surface area contributed by atoms with Crippen molar-refractivity contribution in [2.24, 2.45) is 5.41 Å². The first-order valence-electron chi connectivity index (χ1n) is 8.43. The number of hydrogen-bond acceptors (Lipinski definition) is 5. The third-order valence-corrected chi connectivity index (χ3v) is 4.96. The van der Waals surface area contributed by atoms with Crippen molar-refractivity contribution in [3.63, 3.8) is 0 Å². The minimum atomic E-state index is -0.0269. The summed E-state index contributed by atoms with van der Waals surface area (Å²) in [5.74, 6) is 1.36. The molecule has 3 rings (SSSR count). The number of nitriles is 1. The zero-order valence-electron chi connectivity index (χ0n) is 14.8. The van der Waals surface area contributed by atoms with E-state index in [0.717, 1.165) is 28.8 Å². The highest BCUT2D eigenvalue weighted by Crippen LogP contribution is 2.59. The molecule has 0 saturated heterocycles. The number of rotatable bonds is 5. The van der Waals surface area contributed by atoms with Gasteiger partial charge in [-0.3, -0.25) is 0 Å². The van der Waals surface area contributed by atoms with Gasteiger partial charge >= 0.3 is 0 Å². The van der Waals surface area contributed by atoms with Crippen molar-refractivity contribution in [3.05, 3.63) is 41.1 Å². The van der Waals surface area contributed by atoms with Gasteiger partial charge in [-0.2, -0.15) is 5.26 Å². The molecule has 0 spiro atoms. The van der Waals surface area contributed by atoms with Crippen LogP contribution in [-0.2, 0) is 0 Å². The van der Waals surface area contributed by atoms with Gasteiger partial charge in [0.2, 0.25) is 0 Å². The van der Waals surface area contributed by atoms with Gasteiger partial charge in [0, 0.05) is 11.5 Å². The second-order valence-electron chi connectivity index (χ2n) is 7.21. The van der Waals surface area contributed by atoms with Crippen molar-refractivity contribution in [1.29, 1.82) is 5.26 Å². The van der Waals surface area contributed by atoms with Crippen molar-refractivity contribution in [2.75, 3.05) is 18.9 Å². The summed E-state index contributed by atoms with van der Waals surface area (Å²) in [7, 11) is 0. The first kappa shape index (κ1) is 17.2. The predicted molar refractivity (Wildman–Crippen MR) is 97.3 cm³/mol. The molecule has 5 nitrogen and oxygen atoms in total. The molecular formula is C20H23N3O2. The van der Waals surface area contributed by atoms with Crippen LogP contribution < -0.4 is 10.5 Å². The third-order valence-electron chi connectivity index (χ3n) is 4.96. The summed E-state index contributed by atoms with van der Waals surface area (Å²) in [5.41, 5.74) is 10.5. The number of pyridine rings is 1. The lowest BCUT2D eigenvalue weighted by atomic mass is 9.92. The Morgan fingerprint density at radius 3 is 2.52 bits per heavy atom. The highest BCUT2D eigenvalue weighted by molar-refractivity contribution is 5.79. The maximum absolute atomic E-state index is 9.58. The number of benzene rings is 1. The highest BCUT2D eigenvalue weighted by atomic mass is 16.5. The van der Waals surface area contributed by atoms with E-state index in [9.17, 15) is 5.26 Å². The Bertz CT molecular complexity index is 836. The first-order chi connectivity index (χ1) is 11.9. The Morgan fingerprint density at radius 2 is 2.00 bits per heavy atom. The molecule has 0 amide bonds. The maximum Gasteiger partial charge on any atom is 0.142 e. The van der Waals surface area contributed by atoms with Gasteiger partial charge in [-0.25, -0.2) is 4.98 Å². The smallest absolute Gasteiger partial charge is 0.142 e. The van der Waals surface area contributed by atoms with Crippen molar-refractivity contribution in [2.45, 2.75) is 33.1 Å². The normalized spacial score (nSPS) is 17.8. The topological polar surface area (TPSA) is 92.2 Å². The minimum Gasteiger partial charge on any atom is -0.491 e. The molecule has 130 valence electrons. The molecular weight excluding hydrogens is 314 g/mol. The Morgan fingerprint density at radius 1 is 1.36 bits per heavy atom. The Balaban J connectivity index is 2.07. The molecule has 1 aromatic heterocycles. The average molecular weight is 337 g/mol. The number of aromatic nitrogens is 1. The van der Waals surface area contributed by atoms with Crippen molar-refractivity contribution in [3.8, 4) is 22.9 Å². The molecule has 1 saturated carbocycles. The van der Waals surface area contributed by atoms with Gasteiger partial charge < -0.3 is 15.6 Å². The van der Waals surface area contributed by atoms with Crippen LogP contribution >= 0.6 is 0 Å². The number of anilines is 1. The van der Waals surface area contributed by atoms with Crippen LogP contribution in [-0.4, -0.2) is 23.3 Å². The predicted octanol–water partition coefficient (Wildman–Crippen LogP) is 3.40. The second kappa shape index (κ2) is 6.38. The summed E-state index contributed by atoms with van der Waals surface area (Å²) in [6.45, 7) is 6.69. The first-order valence-corrected chi connectivity index (χ1v) is 8.43. The summed E-state index contributed by atoms with van der Waals surface area (Å²) >= 11 is 0. The molecule has 1 aliphatic rings. The van der Waals surface area contributed by atoms with E-state index >= 15 is 0 Å². The number of hydrogen-bond donors (Lipinski definition) is 2. The minimum absolute atomic E-state index is 0.0269. The molecule has 5 heteroatoms. The van der Waals surface area contributed by atoms with Crippen LogP contribution in [0, 0.1) is 23.7 Å². The molecule has 3 N–H and O–H groups in total. The highest BCUT2D eigenvalue weighted by Gasteiger charge is 2.48. The van der Waals surface area contributed by atoms with Crippen molar-refractivity contribution < 1.29 is 9.84 Å². The molecule has 1 fully saturated rings. The van der Waals surface area contributed by atoms with E-state index in [-0.39, 0.29) is 18.6 Å². The van der Waals surface area contributed by atoms with Crippen LogP contribution in [0.15, 0.2) is 24.3 Å². The summed E-state index contributed by atoms with van der Waals surface area (Å²) < 4.78 is 5.40. The second-order valence-corrected chi connectivity index (χ2v) is 7.21. The quantitative estimate of drug-likeness (QED) is 0.872. The number of nitrogens with two attached hydrogens (primary N) is 1. The molecule has 1 aromatic carbocycles. The molecule has 0 bridgehead atoms. The Kier molecular flexibility index (Phi) is 4.40. The van der Waals surface area contributed by atoms with E-state index in [4.69, 9.17) is 15.6 Å². The van der Waals surface area contributed by atoms with Crippen molar-refractivity contribution >= 4 is 5.82 Å². The summed E-state index contributed by atoms with van der Waals surface area (Å²) in [4.78, 5) is 4.55. The van der Waals surface area contributed by atoms with Gasteiger partial charge in [0.05, 0.1) is 12.3 Å². The largest absolute Gasteiger partial charge is 0.491 e. The number of nitrogen functional groups attached to an aromatic ring is 1. The molecule has 1 aliphatic carbocycles. The fourth-order valence-corrected chi connectivity index (χ4v) is 3.34. The lowest BCUT2D eigenvalue weighted by molar-refractivity contribution is 0.201. The zero-order chi connectivity index (χ0) is 18.2. The van der Waals surface area contributed by atoms with E-state index in [0.29, 0.717) is 23.0 Å². The third kappa shape index (κ3) is 3.18. The van der Waals surface area contributed by atoms with E-state index in [2.05, 4.69) is 24.9 Å². The van der Waals surface area contributed by atoms with Crippen LogP contribution in [0.1, 0.15) is 43.0 Å². The number of aliphatic hydroxyl groups excluding tert-OH is 1. The summed E-state index contributed by atoms with van der Waals surface area (Å²) in [6.07, 6.45) is 1.08. The fourth-order valence-electron chi connectivity index (χ4n) is 3.34. The molecule has 1 heterocycles. The number of ether oxygens (including phenoxy) is 1. The standard InChI is InChI=1S/C20H23N3O2/c1-12-17(13-4-6-14(7-5-13)25-9-8-24)15(11-21)19(22)23-18(12)16-10-20(16,2)3/h4-7,16,24H,8-10H2,1-3H3,(H2,22,23).